The standard InChI is InChI=1S/C40H60N4O6S/c1-6-16-35(40(48)42-36(27-32-19-12-8-13-20-32)38(46)37(45)25-30(2)3)41-39(47)34(26-31-17-10-7-11-18-31)29-51(49,50)44(5)24-23-43(4)28-33-21-14-9-15-22-33/h1,7,9-11,14-15,17-18,21-22,30,32,34-38,45-46H,8,12-13,16,19-20,23-29H2,2-5H3,(H,41,47)(H,42,48)/t34-,35+,36?,37+,38-/m1/s1. The molecule has 1 aliphatic carbocycles. The normalized spacial score (nSPS) is 17.0. The minimum absolute atomic E-state index is 0.128. The molecule has 0 saturated heterocycles. The molecule has 5 atom stereocenters. The number of nitrogens with one attached hydrogen (secondary N) is 2. The van der Waals surface area contributed by atoms with Crippen molar-refractivity contribution in [3.63, 3.8) is 0 Å². The molecule has 0 heterocycles. The summed E-state index contributed by atoms with van der Waals surface area (Å²) in [7, 11) is -0.436. The van der Waals surface area contributed by atoms with Gasteiger partial charge in [0.2, 0.25) is 21.8 Å². The molecule has 1 fully saturated rings. The number of aliphatic hydroxyl groups is 2. The van der Waals surface area contributed by atoms with E-state index in [-0.39, 0.29) is 25.3 Å². The maximum Gasteiger partial charge on any atom is 0.243 e. The average molecular weight is 725 g/mol. The molecule has 2 amide bonds. The van der Waals surface area contributed by atoms with Gasteiger partial charge in [-0.15, -0.1) is 12.3 Å². The number of aliphatic hydroxyl groups excluding tert-OH is 2. The number of amides is 2. The second kappa shape index (κ2) is 21.3. The summed E-state index contributed by atoms with van der Waals surface area (Å²) in [4.78, 5) is 29.8. The third kappa shape index (κ3) is 14.7. The molecule has 2 aromatic carbocycles. The van der Waals surface area contributed by atoms with E-state index < -0.39 is 57.8 Å². The molecule has 1 aliphatic rings. The number of sulfonamides is 1. The number of terminal acetylenes is 1. The molecule has 0 aromatic heterocycles. The lowest BCUT2D eigenvalue weighted by molar-refractivity contribution is -0.132. The van der Waals surface area contributed by atoms with Gasteiger partial charge in [-0.05, 0) is 49.3 Å². The van der Waals surface area contributed by atoms with Crippen LogP contribution in [-0.4, -0.2) is 96.9 Å². The Balaban J connectivity index is 1.75. The van der Waals surface area contributed by atoms with Crippen LogP contribution in [0.25, 0.3) is 0 Å². The average Bonchev–Trinajstić information content (AvgIpc) is 3.10. The minimum Gasteiger partial charge on any atom is -0.390 e. The predicted molar refractivity (Wildman–Crippen MR) is 203 cm³/mol. The smallest absolute Gasteiger partial charge is 0.243 e. The molecule has 0 aliphatic heterocycles. The van der Waals surface area contributed by atoms with E-state index in [1.165, 1.54) is 11.4 Å². The number of nitrogens with zero attached hydrogens (tertiary/aromatic N) is 2. The number of carbonyl (C=O) groups excluding carboxylic acids is 2. The van der Waals surface area contributed by atoms with E-state index in [1.54, 1.807) is 0 Å². The first-order valence-electron chi connectivity index (χ1n) is 18.4. The van der Waals surface area contributed by atoms with Gasteiger partial charge in [0.15, 0.2) is 0 Å². The van der Waals surface area contributed by atoms with Crippen LogP contribution >= 0.6 is 0 Å². The van der Waals surface area contributed by atoms with Crippen LogP contribution in [0.5, 0.6) is 0 Å². The van der Waals surface area contributed by atoms with Crippen LogP contribution in [0.15, 0.2) is 60.7 Å². The predicted octanol–water partition coefficient (Wildman–Crippen LogP) is 3.97. The second-order valence-electron chi connectivity index (χ2n) is 14.7. The summed E-state index contributed by atoms with van der Waals surface area (Å²) in [5.74, 6) is 0.264. The Bertz CT molecular complexity index is 1480. The lowest BCUT2D eigenvalue weighted by Crippen LogP contribution is -2.56. The van der Waals surface area contributed by atoms with E-state index in [0.717, 1.165) is 43.2 Å². The third-order valence-corrected chi connectivity index (χ3v) is 11.7. The summed E-state index contributed by atoms with van der Waals surface area (Å²) < 4.78 is 28.6. The summed E-state index contributed by atoms with van der Waals surface area (Å²) in [6, 6.07) is 17.2. The van der Waals surface area contributed by atoms with E-state index in [2.05, 4.69) is 16.6 Å². The Morgan fingerprint density at radius 3 is 2.10 bits per heavy atom. The topological polar surface area (TPSA) is 139 Å². The highest BCUT2D eigenvalue weighted by Gasteiger charge is 2.35. The Labute approximate surface area is 306 Å². The maximum atomic E-state index is 13.9. The van der Waals surface area contributed by atoms with Crippen molar-refractivity contribution in [3.05, 3.63) is 71.8 Å². The molecule has 11 heteroatoms. The molecule has 1 unspecified atom stereocenters. The molecular weight excluding hydrogens is 665 g/mol. The maximum absolute atomic E-state index is 13.9. The quantitative estimate of drug-likeness (QED) is 0.143. The zero-order chi connectivity index (χ0) is 37.4. The van der Waals surface area contributed by atoms with Gasteiger partial charge in [0.1, 0.15) is 12.1 Å². The summed E-state index contributed by atoms with van der Waals surface area (Å²) in [6.07, 6.45) is 9.60. The fourth-order valence-electron chi connectivity index (χ4n) is 6.79. The van der Waals surface area contributed by atoms with Crippen LogP contribution in [0.4, 0.5) is 0 Å². The molecule has 2 aromatic rings. The van der Waals surface area contributed by atoms with Crippen molar-refractivity contribution in [2.75, 3.05) is 32.9 Å². The Kier molecular flexibility index (Phi) is 17.6. The Morgan fingerprint density at radius 1 is 0.902 bits per heavy atom. The van der Waals surface area contributed by atoms with Crippen LogP contribution in [0.2, 0.25) is 0 Å². The van der Waals surface area contributed by atoms with Crippen molar-refractivity contribution in [2.24, 2.45) is 17.8 Å². The fraction of sp³-hybridized carbons (Fsp3) is 0.600. The highest BCUT2D eigenvalue weighted by molar-refractivity contribution is 7.89. The molecule has 0 spiro atoms. The summed E-state index contributed by atoms with van der Waals surface area (Å²) in [5, 5.41) is 27.7. The first kappa shape index (κ1) is 42.1. The van der Waals surface area contributed by atoms with Gasteiger partial charge in [-0.1, -0.05) is 107 Å². The van der Waals surface area contributed by atoms with Crippen LogP contribution in [-0.2, 0) is 32.6 Å². The molecule has 1 saturated carbocycles. The van der Waals surface area contributed by atoms with E-state index in [0.29, 0.717) is 31.8 Å². The number of hydrogen-bond donors (Lipinski definition) is 4. The monoisotopic (exact) mass is 724 g/mol. The van der Waals surface area contributed by atoms with Crippen molar-refractivity contribution in [3.8, 4) is 12.3 Å². The first-order chi connectivity index (χ1) is 24.3. The van der Waals surface area contributed by atoms with E-state index in [9.17, 15) is 28.2 Å². The summed E-state index contributed by atoms with van der Waals surface area (Å²) in [6.45, 7) is 5.31. The second-order valence-corrected chi connectivity index (χ2v) is 16.8. The van der Waals surface area contributed by atoms with E-state index in [4.69, 9.17) is 6.42 Å². The summed E-state index contributed by atoms with van der Waals surface area (Å²) >= 11 is 0. The fourth-order valence-corrected chi connectivity index (χ4v) is 8.18. The molecule has 3 rings (SSSR count). The Morgan fingerprint density at radius 2 is 1.51 bits per heavy atom. The molecule has 10 nitrogen and oxygen atoms in total. The van der Waals surface area contributed by atoms with Crippen LogP contribution in [0.3, 0.4) is 0 Å². The van der Waals surface area contributed by atoms with E-state index >= 15 is 0 Å². The van der Waals surface area contributed by atoms with Crippen LogP contribution < -0.4 is 10.6 Å². The molecule has 0 radical (unpaired) electrons. The van der Waals surface area contributed by atoms with Gasteiger partial charge >= 0.3 is 0 Å². The molecule has 51 heavy (non-hydrogen) atoms. The Hall–Kier alpha value is -3.27. The van der Waals surface area contributed by atoms with Gasteiger partial charge in [-0.2, -0.15) is 0 Å². The zero-order valence-corrected chi connectivity index (χ0v) is 31.7. The van der Waals surface area contributed by atoms with Crippen molar-refractivity contribution in [1.82, 2.24) is 19.8 Å². The lowest BCUT2D eigenvalue weighted by atomic mass is 9.82. The van der Waals surface area contributed by atoms with Crippen molar-refractivity contribution in [2.45, 2.75) is 102 Å². The van der Waals surface area contributed by atoms with E-state index in [1.807, 2.05) is 86.5 Å². The SMILES string of the molecule is C#CC[C@H](NC(=O)[C@H](Cc1ccccc1)CS(=O)(=O)N(C)CCN(C)Cc1ccccc1)C(=O)NC(CC1CCCCC1)[C@@H](O)[C@@H](O)CC(C)C. The van der Waals surface area contributed by atoms with Gasteiger partial charge in [0, 0.05) is 33.1 Å². The minimum atomic E-state index is -3.88. The number of carbonyl (C=O) groups is 2. The molecule has 0 bridgehead atoms. The number of benzene rings is 2. The third-order valence-electron chi connectivity index (χ3n) is 9.79. The molecular formula is C40H60N4O6S. The molecule has 4 N–H and O–H groups in total. The lowest BCUT2D eigenvalue weighted by Gasteiger charge is -2.33. The highest BCUT2D eigenvalue weighted by Crippen LogP contribution is 2.29. The van der Waals surface area contributed by atoms with Gasteiger partial charge in [0.25, 0.3) is 0 Å². The van der Waals surface area contributed by atoms with Crippen molar-refractivity contribution < 1.29 is 28.2 Å². The first-order valence-corrected chi connectivity index (χ1v) is 20.0. The van der Waals surface area contributed by atoms with Gasteiger partial charge in [-0.3, -0.25) is 9.59 Å². The zero-order valence-electron chi connectivity index (χ0n) is 30.9. The molecule has 282 valence electrons. The van der Waals surface area contributed by atoms with Gasteiger partial charge in [-0.25, -0.2) is 12.7 Å². The van der Waals surface area contributed by atoms with Crippen molar-refractivity contribution >= 4 is 21.8 Å². The number of likely N-dealkylation sites (N-methyl/N-ethyl adjacent to an activating group) is 2. The largest absolute Gasteiger partial charge is 0.390 e. The van der Waals surface area contributed by atoms with Gasteiger partial charge in [0.05, 0.1) is 23.8 Å². The highest BCUT2D eigenvalue weighted by atomic mass is 32.2. The van der Waals surface area contributed by atoms with Gasteiger partial charge < -0.3 is 25.7 Å². The summed E-state index contributed by atoms with van der Waals surface area (Å²) in [5.41, 5.74) is 1.91. The number of hydrogen-bond acceptors (Lipinski definition) is 7. The van der Waals surface area contributed by atoms with Crippen molar-refractivity contribution in [1.29, 1.82) is 0 Å². The van der Waals surface area contributed by atoms with Crippen LogP contribution in [0, 0.1) is 30.1 Å². The number of rotatable bonds is 21. The van der Waals surface area contributed by atoms with Crippen LogP contribution in [0.1, 0.15) is 76.3 Å².